The molecule has 0 bridgehead atoms. The quantitative estimate of drug-likeness (QED) is 0.375. The SMILES string of the molecule is O=C(NCCc1ccc(Cl)cc1)c1ccc2c(c1)NC(=O)[C@@H](CSCc1ccccc1Cl)N2. The third-order valence-electron chi connectivity index (χ3n) is 5.30. The number of amides is 2. The van der Waals surface area contributed by atoms with E-state index in [9.17, 15) is 9.59 Å². The number of rotatable bonds is 8. The average molecular weight is 500 g/mol. The fraction of sp³-hybridized carbons (Fsp3) is 0.200. The molecule has 0 saturated carbocycles. The molecular formula is C25H23Cl2N3O2S. The van der Waals surface area contributed by atoms with Gasteiger partial charge in [-0.1, -0.05) is 53.5 Å². The lowest BCUT2D eigenvalue weighted by molar-refractivity contribution is -0.116. The number of carbonyl (C=O) groups is 2. The fourth-order valence-electron chi connectivity index (χ4n) is 3.48. The summed E-state index contributed by atoms with van der Waals surface area (Å²) in [5, 5.41) is 10.5. The van der Waals surface area contributed by atoms with Crippen molar-refractivity contribution in [3.63, 3.8) is 0 Å². The van der Waals surface area contributed by atoms with Crippen molar-refractivity contribution in [3.05, 3.63) is 93.5 Å². The van der Waals surface area contributed by atoms with Crippen molar-refractivity contribution < 1.29 is 9.59 Å². The van der Waals surface area contributed by atoms with Gasteiger partial charge in [0.1, 0.15) is 6.04 Å². The van der Waals surface area contributed by atoms with E-state index < -0.39 is 0 Å². The van der Waals surface area contributed by atoms with Gasteiger partial charge in [0.2, 0.25) is 5.91 Å². The van der Waals surface area contributed by atoms with Gasteiger partial charge in [0.15, 0.2) is 0 Å². The van der Waals surface area contributed by atoms with Gasteiger partial charge in [-0.05, 0) is 53.9 Å². The zero-order chi connectivity index (χ0) is 23.2. The minimum Gasteiger partial charge on any atom is -0.371 e. The first-order chi connectivity index (χ1) is 16.0. The predicted molar refractivity (Wildman–Crippen MR) is 138 cm³/mol. The zero-order valence-corrected chi connectivity index (χ0v) is 20.1. The maximum atomic E-state index is 12.6. The number of hydrogen-bond acceptors (Lipinski definition) is 4. The van der Waals surface area contributed by atoms with Gasteiger partial charge in [-0.2, -0.15) is 11.8 Å². The van der Waals surface area contributed by atoms with Crippen LogP contribution in [0.5, 0.6) is 0 Å². The van der Waals surface area contributed by atoms with Gasteiger partial charge in [0.25, 0.3) is 5.91 Å². The maximum Gasteiger partial charge on any atom is 0.251 e. The number of benzene rings is 3. The van der Waals surface area contributed by atoms with E-state index in [4.69, 9.17) is 23.2 Å². The van der Waals surface area contributed by atoms with E-state index in [1.807, 2.05) is 54.6 Å². The van der Waals surface area contributed by atoms with E-state index in [0.29, 0.717) is 35.0 Å². The van der Waals surface area contributed by atoms with Crippen LogP contribution in [-0.4, -0.2) is 30.2 Å². The Labute approximate surface area is 207 Å². The Balaban J connectivity index is 1.30. The number of carbonyl (C=O) groups excluding carboxylic acids is 2. The van der Waals surface area contributed by atoms with E-state index in [1.54, 1.807) is 23.9 Å². The van der Waals surface area contributed by atoms with Crippen LogP contribution in [0.15, 0.2) is 66.7 Å². The smallest absolute Gasteiger partial charge is 0.251 e. The molecule has 0 spiro atoms. The van der Waals surface area contributed by atoms with Gasteiger partial charge < -0.3 is 16.0 Å². The molecule has 0 aliphatic carbocycles. The lowest BCUT2D eigenvalue weighted by atomic mass is 10.1. The van der Waals surface area contributed by atoms with Crippen LogP contribution in [0.25, 0.3) is 0 Å². The van der Waals surface area contributed by atoms with Crippen LogP contribution in [0.4, 0.5) is 11.4 Å². The first-order valence-electron chi connectivity index (χ1n) is 10.5. The summed E-state index contributed by atoms with van der Waals surface area (Å²) in [6.07, 6.45) is 0.708. The lowest BCUT2D eigenvalue weighted by Gasteiger charge is -2.27. The first-order valence-corrected chi connectivity index (χ1v) is 12.5. The Hall–Kier alpha value is -2.67. The summed E-state index contributed by atoms with van der Waals surface area (Å²) >= 11 is 13.7. The molecule has 5 nitrogen and oxygen atoms in total. The van der Waals surface area contributed by atoms with Crippen molar-refractivity contribution in [2.45, 2.75) is 18.2 Å². The Morgan fingerprint density at radius 3 is 2.58 bits per heavy atom. The molecule has 1 aliphatic heterocycles. The molecule has 0 aromatic heterocycles. The zero-order valence-electron chi connectivity index (χ0n) is 17.7. The fourth-order valence-corrected chi connectivity index (χ4v) is 4.95. The van der Waals surface area contributed by atoms with Crippen molar-refractivity contribution in [2.75, 3.05) is 22.9 Å². The third kappa shape index (κ3) is 6.22. The highest BCUT2D eigenvalue weighted by atomic mass is 35.5. The Morgan fingerprint density at radius 1 is 1.00 bits per heavy atom. The van der Waals surface area contributed by atoms with Crippen LogP contribution >= 0.6 is 35.0 Å². The molecule has 1 aliphatic rings. The molecule has 3 aromatic rings. The molecule has 3 N–H and O–H groups in total. The van der Waals surface area contributed by atoms with Gasteiger partial charge in [0.05, 0.1) is 11.4 Å². The monoisotopic (exact) mass is 499 g/mol. The second kappa shape index (κ2) is 11.0. The minimum atomic E-state index is -0.357. The largest absolute Gasteiger partial charge is 0.371 e. The van der Waals surface area contributed by atoms with Crippen molar-refractivity contribution in [1.29, 1.82) is 0 Å². The average Bonchev–Trinajstić information content (AvgIpc) is 2.81. The summed E-state index contributed by atoms with van der Waals surface area (Å²) in [4.78, 5) is 25.1. The number of fused-ring (bicyclic) bond motifs is 1. The van der Waals surface area contributed by atoms with E-state index in [2.05, 4.69) is 16.0 Å². The van der Waals surface area contributed by atoms with Crippen LogP contribution in [0.2, 0.25) is 10.0 Å². The number of anilines is 2. The van der Waals surface area contributed by atoms with Crippen molar-refractivity contribution in [1.82, 2.24) is 5.32 Å². The highest BCUT2D eigenvalue weighted by Crippen LogP contribution is 2.29. The van der Waals surface area contributed by atoms with Crippen LogP contribution in [0.1, 0.15) is 21.5 Å². The Morgan fingerprint density at radius 2 is 1.79 bits per heavy atom. The highest BCUT2D eigenvalue weighted by molar-refractivity contribution is 7.98. The summed E-state index contributed by atoms with van der Waals surface area (Å²) in [7, 11) is 0. The van der Waals surface area contributed by atoms with E-state index in [0.717, 1.165) is 27.6 Å². The number of nitrogens with one attached hydrogen (secondary N) is 3. The summed E-state index contributed by atoms with van der Waals surface area (Å²) in [6, 6.07) is 20.2. The summed E-state index contributed by atoms with van der Waals surface area (Å²) in [5.74, 6) is 1.03. The van der Waals surface area contributed by atoms with E-state index in [-0.39, 0.29) is 17.9 Å². The topological polar surface area (TPSA) is 70.2 Å². The molecule has 0 saturated heterocycles. The predicted octanol–water partition coefficient (Wildman–Crippen LogP) is 5.63. The molecule has 0 fully saturated rings. The van der Waals surface area contributed by atoms with Crippen LogP contribution < -0.4 is 16.0 Å². The van der Waals surface area contributed by atoms with Crippen molar-refractivity contribution >= 4 is 58.2 Å². The summed E-state index contributed by atoms with van der Waals surface area (Å²) in [5.41, 5.74) is 4.06. The third-order valence-corrected chi connectivity index (χ3v) is 7.00. The maximum absolute atomic E-state index is 12.6. The normalized spacial score (nSPS) is 14.7. The van der Waals surface area contributed by atoms with Crippen LogP contribution in [0, 0.1) is 0 Å². The second-order valence-electron chi connectivity index (χ2n) is 7.69. The van der Waals surface area contributed by atoms with Gasteiger partial charge in [-0.25, -0.2) is 0 Å². The van der Waals surface area contributed by atoms with E-state index >= 15 is 0 Å². The molecule has 33 heavy (non-hydrogen) atoms. The molecule has 8 heteroatoms. The lowest BCUT2D eigenvalue weighted by Crippen LogP contribution is -2.40. The van der Waals surface area contributed by atoms with E-state index in [1.165, 1.54) is 0 Å². The first kappa shape index (κ1) is 23.5. The van der Waals surface area contributed by atoms with Gasteiger partial charge in [0, 0.05) is 33.7 Å². The molecule has 1 atom stereocenters. The summed E-state index contributed by atoms with van der Waals surface area (Å²) in [6.45, 7) is 0.507. The molecule has 170 valence electrons. The minimum absolute atomic E-state index is 0.116. The molecule has 2 amide bonds. The van der Waals surface area contributed by atoms with Crippen molar-refractivity contribution in [3.8, 4) is 0 Å². The van der Waals surface area contributed by atoms with Gasteiger partial charge >= 0.3 is 0 Å². The molecule has 4 rings (SSSR count). The number of halogens is 2. The standard InChI is InChI=1S/C25H23Cl2N3O2S/c26-19-8-5-16(6-9-19)11-12-28-24(31)17-7-10-21-22(13-17)30-25(32)23(29-21)15-33-14-18-3-1-2-4-20(18)27/h1-10,13,23,29H,11-12,14-15H2,(H,28,31)(H,30,32)/t23-/m1/s1. The number of thioether (sulfide) groups is 1. The van der Waals surface area contributed by atoms with Crippen LogP contribution in [-0.2, 0) is 17.0 Å². The van der Waals surface area contributed by atoms with Crippen LogP contribution in [0.3, 0.4) is 0 Å². The molecule has 1 heterocycles. The number of hydrogen-bond donors (Lipinski definition) is 3. The Kier molecular flexibility index (Phi) is 7.81. The summed E-state index contributed by atoms with van der Waals surface area (Å²) < 4.78 is 0. The molecule has 3 aromatic carbocycles. The molecule has 0 unspecified atom stereocenters. The van der Waals surface area contributed by atoms with Gasteiger partial charge in [-0.3, -0.25) is 9.59 Å². The Bertz CT molecular complexity index is 1150. The molecule has 0 radical (unpaired) electrons. The second-order valence-corrected chi connectivity index (χ2v) is 9.56. The van der Waals surface area contributed by atoms with Crippen molar-refractivity contribution in [2.24, 2.45) is 0 Å². The highest BCUT2D eigenvalue weighted by Gasteiger charge is 2.26. The molecular weight excluding hydrogens is 477 g/mol. The van der Waals surface area contributed by atoms with Gasteiger partial charge in [-0.15, -0.1) is 0 Å².